The summed E-state index contributed by atoms with van der Waals surface area (Å²) in [5, 5.41) is 3.44. The molecule has 5 heteroatoms. The molecule has 1 atom stereocenters. The first-order valence-electron chi connectivity index (χ1n) is 6.99. The first-order chi connectivity index (χ1) is 10.5. The van der Waals surface area contributed by atoms with Crippen LogP contribution in [-0.2, 0) is 4.79 Å². The van der Waals surface area contributed by atoms with Crippen LogP contribution in [0.5, 0.6) is 5.75 Å². The second kappa shape index (κ2) is 7.27. The van der Waals surface area contributed by atoms with Gasteiger partial charge in [-0.05, 0) is 61.4 Å². The monoisotopic (exact) mass is 321 g/mol. The Kier molecular flexibility index (Phi) is 5.39. The van der Waals surface area contributed by atoms with Crippen LogP contribution in [0, 0.1) is 12.7 Å². The first kappa shape index (κ1) is 16.3. The van der Waals surface area contributed by atoms with E-state index in [0.29, 0.717) is 22.9 Å². The lowest BCUT2D eigenvalue weighted by molar-refractivity contribution is -0.122. The molecule has 0 fully saturated rings. The third-order valence-electron chi connectivity index (χ3n) is 3.20. The van der Waals surface area contributed by atoms with Crippen LogP contribution in [0.3, 0.4) is 0 Å². The highest BCUT2D eigenvalue weighted by molar-refractivity contribution is 6.30. The fourth-order valence-corrected chi connectivity index (χ4v) is 2.21. The maximum Gasteiger partial charge on any atom is 0.265 e. The van der Waals surface area contributed by atoms with Crippen molar-refractivity contribution in [2.45, 2.75) is 26.4 Å². The highest BCUT2D eigenvalue weighted by Crippen LogP contribution is 2.21. The Morgan fingerprint density at radius 2 is 1.95 bits per heavy atom. The molecule has 2 aromatic rings. The second-order valence-corrected chi connectivity index (χ2v) is 5.35. The van der Waals surface area contributed by atoms with Crippen LogP contribution in [0.25, 0.3) is 0 Å². The lowest BCUT2D eigenvalue weighted by Crippen LogP contribution is -2.32. The molecular weight excluding hydrogens is 305 g/mol. The topological polar surface area (TPSA) is 38.3 Å². The molecule has 0 aromatic heterocycles. The number of ether oxygens (including phenoxy) is 1. The SMILES string of the molecule is CCC(Oc1ccc(F)cc1)C(=O)Nc1ccc(Cl)cc1C. The van der Waals surface area contributed by atoms with Crippen molar-refractivity contribution in [1.82, 2.24) is 0 Å². The predicted octanol–water partition coefficient (Wildman–Crippen LogP) is 4.58. The minimum atomic E-state index is -0.652. The Bertz CT molecular complexity index is 658. The fourth-order valence-electron chi connectivity index (χ4n) is 1.98. The van der Waals surface area contributed by atoms with E-state index in [1.54, 1.807) is 18.2 Å². The van der Waals surface area contributed by atoms with Gasteiger partial charge >= 0.3 is 0 Å². The summed E-state index contributed by atoms with van der Waals surface area (Å²) >= 11 is 5.90. The van der Waals surface area contributed by atoms with Crippen molar-refractivity contribution in [3.8, 4) is 5.75 Å². The number of benzene rings is 2. The van der Waals surface area contributed by atoms with E-state index in [1.165, 1.54) is 24.3 Å². The van der Waals surface area contributed by atoms with Crippen LogP contribution in [-0.4, -0.2) is 12.0 Å². The molecule has 2 aromatic carbocycles. The van der Waals surface area contributed by atoms with Crippen LogP contribution in [0.2, 0.25) is 5.02 Å². The largest absolute Gasteiger partial charge is 0.481 e. The Hall–Kier alpha value is -2.07. The van der Waals surface area contributed by atoms with Crippen molar-refractivity contribution in [1.29, 1.82) is 0 Å². The van der Waals surface area contributed by atoms with Crippen LogP contribution < -0.4 is 10.1 Å². The third kappa shape index (κ3) is 4.21. The third-order valence-corrected chi connectivity index (χ3v) is 3.44. The quantitative estimate of drug-likeness (QED) is 0.875. The average molecular weight is 322 g/mol. The zero-order valence-electron chi connectivity index (χ0n) is 12.4. The minimum absolute atomic E-state index is 0.253. The zero-order valence-corrected chi connectivity index (χ0v) is 13.2. The molecule has 0 aliphatic rings. The molecule has 0 heterocycles. The number of hydrogen-bond donors (Lipinski definition) is 1. The molecule has 3 nitrogen and oxygen atoms in total. The second-order valence-electron chi connectivity index (χ2n) is 4.92. The van der Waals surface area contributed by atoms with Gasteiger partial charge in [-0.3, -0.25) is 4.79 Å². The molecule has 2 rings (SSSR count). The van der Waals surface area contributed by atoms with E-state index in [2.05, 4.69) is 5.32 Å². The summed E-state index contributed by atoms with van der Waals surface area (Å²) in [6.07, 6.45) is -0.156. The normalized spacial score (nSPS) is 11.8. The van der Waals surface area contributed by atoms with Gasteiger partial charge in [-0.15, -0.1) is 0 Å². The van der Waals surface area contributed by atoms with Gasteiger partial charge in [0.25, 0.3) is 5.91 Å². The van der Waals surface area contributed by atoms with E-state index in [0.717, 1.165) is 5.56 Å². The molecule has 0 aliphatic carbocycles. The zero-order chi connectivity index (χ0) is 16.1. The van der Waals surface area contributed by atoms with E-state index < -0.39 is 6.10 Å². The molecule has 0 saturated heterocycles. The number of amides is 1. The van der Waals surface area contributed by atoms with Gasteiger partial charge in [-0.2, -0.15) is 0 Å². The number of halogens is 2. The van der Waals surface area contributed by atoms with Crippen molar-refractivity contribution in [2.24, 2.45) is 0 Å². The van der Waals surface area contributed by atoms with Gasteiger partial charge < -0.3 is 10.1 Å². The number of carbonyl (C=O) groups excluding carboxylic acids is 1. The van der Waals surface area contributed by atoms with E-state index in [4.69, 9.17) is 16.3 Å². The fraction of sp³-hybridized carbons (Fsp3) is 0.235. The number of anilines is 1. The Morgan fingerprint density at radius 3 is 2.55 bits per heavy atom. The predicted molar refractivity (Wildman–Crippen MR) is 85.9 cm³/mol. The molecule has 0 spiro atoms. The van der Waals surface area contributed by atoms with Crippen molar-refractivity contribution >= 4 is 23.2 Å². The first-order valence-corrected chi connectivity index (χ1v) is 7.36. The number of hydrogen-bond acceptors (Lipinski definition) is 2. The Labute approximate surface area is 134 Å². The van der Waals surface area contributed by atoms with Crippen LogP contribution in [0.4, 0.5) is 10.1 Å². The summed E-state index contributed by atoms with van der Waals surface area (Å²) in [5.41, 5.74) is 1.56. The maximum absolute atomic E-state index is 12.9. The van der Waals surface area contributed by atoms with Crippen LogP contribution >= 0.6 is 11.6 Å². The molecule has 1 N–H and O–H groups in total. The van der Waals surface area contributed by atoms with Crippen molar-refractivity contribution in [2.75, 3.05) is 5.32 Å². The van der Waals surface area contributed by atoms with Crippen LogP contribution in [0.15, 0.2) is 42.5 Å². The summed E-state index contributed by atoms with van der Waals surface area (Å²) in [6, 6.07) is 10.8. The highest BCUT2D eigenvalue weighted by Gasteiger charge is 2.19. The van der Waals surface area contributed by atoms with Gasteiger partial charge in [-0.1, -0.05) is 18.5 Å². The average Bonchev–Trinajstić information content (AvgIpc) is 2.49. The summed E-state index contributed by atoms with van der Waals surface area (Å²) in [5.74, 6) is -0.143. The van der Waals surface area contributed by atoms with Gasteiger partial charge in [0.2, 0.25) is 0 Å². The summed E-state index contributed by atoms with van der Waals surface area (Å²) in [6.45, 7) is 3.71. The molecule has 1 unspecified atom stereocenters. The van der Waals surface area contributed by atoms with E-state index >= 15 is 0 Å². The molecule has 0 saturated carbocycles. The Morgan fingerprint density at radius 1 is 1.27 bits per heavy atom. The maximum atomic E-state index is 12.9. The van der Waals surface area contributed by atoms with E-state index in [1.807, 2.05) is 13.8 Å². The van der Waals surface area contributed by atoms with Gasteiger partial charge in [0.05, 0.1) is 0 Å². The number of aryl methyl sites for hydroxylation is 1. The minimum Gasteiger partial charge on any atom is -0.481 e. The standard InChI is InChI=1S/C17H17ClFNO2/c1-3-16(22-14-7-5-13(19)6-8-14)17(21)20-15-9-4-12(18)10-11(15)2/h4-10,16H,3H2,1-2H3,(H,20,21). The molecular formula is C17H17ClFNO2. The lowest BCUT2D eigenvalue weighted by Gasteiger charge is -2.18. The van der Waals surface area contributed by atoms with Gasteiger partial charge in [-0.25, -0.2) is 4.39 Å². The molecule has 0 bridgehead atoms. The van der Waals surface area contributed by atoms with E-state index in [9.17, 15) is 9.18 Å². The molecule has 0 radical (unpaired) electrons. The van der Waals surface area contributed by atoms with E-state index in [-0.39, 0.29) is 11.7 Å². The molecule has 1 amide bonds. The van der Waals surface area contributed by atoms with Crippen LogP contribution in [0.1, 0.15) is 18.9 Å². The number of nitrogens with one attached hydrogen (secondary N) is 1. The van der Waals surface area contributed by atoms with Gasteiger partial charge in [0.15, 0.2) is 6.10 Å². The van der Waals surface area contributed by atoms with Gasteiger partial charge in [0, 0.05) is 10.7 Å². The number of carbonyl (C=O) groups is 1. The molecule has 116 valence electrons. The molecule has 22 heavy (non-hydrogen) atoms. The smallest absolute Gasteiger partial charge is 0.265 e. The summed E-state index contributed by atoms with van der Waals surface area (Å²) in [7, 11) is 0. The Balaban J connectivity index is 2.06. The highest BCUT2D eigenvalue weighted by atomic mass is 35.5. The summed E-state index contributed by atoms with van der Waals surface area (Å²) < 4.78 is 18.5. The lowest BCUT2D eigenvalue weighted by atomic mass is 10.2. The van der Waals surface area contributed by atoms with Gasteiger partial charge in [0.1, 0.15) is 11.6 Å². The van der Waals surface area contributed by atoms with Crippen molar-refractivity contribution in [3.05, 3.63) is 58.9 Å². The van der Waals surface area contributed by atoms with Crippen molar-refractivity contribution in [3.63, 3.8) is 0 Å². The summed E-state index contributed by atoms with van der Waals surface area (Å²) in [4.78, 5) is 12.3. The van der Waals surface area contributed by atoms with Crippen molar-refractivity contribution < 1.29 is 13.9 Å². The molecule has 0 aliphatic heterocycles. The number of rotatable bonds is 5.